The topological polar surface area (TPSA) is 54.0 Å². The van der Waals surface area contributed by atoms with Gasteiger partial charge in [-0.3, -0.25) is 10.1 Å². The fraction of sp³-hybridized carbons (Fsp3) is 0.636. The van der Waals surface area contributed by atoms with Gasteiger partial charge in [-0.05, 0) is 13.3 Å². The molecular formula is C11H15F2N3OS. The highest BCUT2D eigenvalue weighted by Crippen LogP contribution is 2.27. The first-order chi connectivity index (χ1) is 8.41. The van der Waals surface area contributed by atoms with Gasteiger partial charge >= 0.3 is 0 Å². The van der Waals surface area contributed by atoms with Crippen molar-refractivity contribution in [3.8, 4) is 0 Å². The molecule has 1 aliphatic heterocycles. The minimum Gasteiger partial charge on any atom is -0.301 e. The highest BCUT2D eigenvalue weighted by molar-refractivity contribution is 7.15. The average molecular weight is 275 g/mol. The van der Waals surface area contributed by atoms with Crippen LogP contribution < -0.4 is 10.6 Å². The van der Waals surface area contributed by atoms with Gasteiger partial charge in [0.25, 0.3) is 5.92 Å². The fourth-order valence-electron chi connectivity index (χ4n) is 1.90. The molecule has 100 valence electrons. The number of hydrogen-bond donors (Lipinski definition) is 2. The minimum absolute atomic E-state index is 0.441. The second kappa shape index (κ2) is 4.89. The van der Waals surface area contributed by atoms with Crippen molar-refractivity contribution in [3.63, 3.8) is 0 Å². The molecule has 0 saturated carbocycles. The predicted molar refractivity (Wildman–Crippen MR) is 66.2 cm³/mol. The van der Waals surface area contributed by atoms with Crippen molar-refractivity contribution in [2.75, 3.05) is 11.9 Å². The Bertz CT molecular complexity index is 461. The molecule has 1 atom stereocenters. The number of nitrogens with zero attached hydrogens (tertiary/aromatic N) is 1. The highest BCUT2D eigenvalue weighted by Gasteiger charge is 2.42. The zero-order valence-electron chi connectivity index (χ0n) is 10.2. The molecule has 1 unspecified atom stereocenters. The SMILES string of the molecule is CCc1nc(NC(=O)C2CC(F)(F)CN2)sc1C. The Morgan fingerprint density at radius 2 is 2.39 bits per heavy atom. The summed E-state index contributed by atoms with van der Waals surface area (Å²) in [5.41, 5.74) is 0.931. The van der Waals surface area contributed by atoms with Crippen molar-refractivity contribution in [1.82, 2.24) is 10.3 Å². The molecule has 1 fully saturated rings. The monoisotopic (exact) mass is 275 g/mol. The Morgan fingerprint density at radius 3 is 2.89 bits per heavy atom. The van der Waals surface area contributed by atoms with Crippen molar-refractivity contribution in [2.45, 2.75) is 38.7 Å². The number of anilines is 1. The number of aromatic nitrogens is 1. The lowest BCUT2D eigenvalue weighted by Crippen LogP contribution is -2.35. The molecule has 0 aliphatic carbocycles. The van der Waals surface area contributed by atoms with Gasteiger partial charge < -0.3 is 5.32 Å². The third-order valence-corrected chi connectivity index (χ3v) is 3.81. The molecule has 4 nitrogen and oxygen atoms in total. The number of thiazole rings is 1. The standard InChI is InChI=1S/C11H15F2N3OS/c1-3-7-6(2)18-10(15-7)16-9(17)8-4-11(12,13)5-14-8/h8,14H,3-5H2,1-2H3,(H,15,16,17). The van der Waals surface area contributed by atoms with Gasteiger partial charge in [0, 0.05) is 11.3 Å². The molecule has 2 N–H and O–H groups in total. The van der Waals surface area contributed by atoms with Gasteiger partial charge in [-0.2, -0.15) is 0 Å². The third kappa shape index (κ3) is 2.84. The molecule has 0 spiro atoms. The molecule has 2 heterocycles. The summed E-state index contributed by atoms with van der Waals surface area (Å²) in [5.74, 6) is -3.24. The van der Waals surface area contributed by atoms with E-state index in [1.807, 2.05) is 13.8 Å². The van der Waals surface area contributed by atoms with Crippen LogP contribution in [0.1, 0.15) is 23.9 Å². The van der Waals surface area contributed by atoms with E-state index in [0.29, 0.717) is 5.13 Å². The molecule has 1 amide bonds. The van der Waals surface area contributed by atoms with E-state index in [0.717, 1.165) is 17.0 Å². The number of halogens is 2. The van der Waals surface area contributed by atoms with E-state index in [1.54, 1.807) is 0 Å². The summed E-state index contributed by atoms with van der Waals surface area (Å²) in [6, 6.07) is -0.839. The Hall–Kier alpha value is -1.08. The molecule has 1 aliphatic rings. The van der Waals surface area contributed by atoms with Crippen LogP contribution >= 0.6 is 11.3 Å². The number of alkyl halides is 2. The van der Waals surface area contributed by atoms with E-state index in [1.165, 1.54) is 11.3 Å². The average Bonchev–Trinajstić information content (AvgIpc) is 2.81. The van der Waals surface area contributed by atoms with Crippen molar-refractivity contribution in [3.05, 3.63) is 10.6 Å². The van der Waals surface area contributed by atoms with Crippen LogP contribution in [-0.2, 0) is 11.2 Å². The molecule has 2 rings (SSSR count). The summed E-state index contributed by atoms with van der Waals surface area (Å²) in [6.07, 6.45) is 0.335. The van der Waals surface area contributed by atoms with Crippen molar-refractivity contribution in [2.24, 2.45) is 0 Å². The number of rotatable bonds is 3. The Labute approximate surface area is 108 Å². The molecular weight excluding hydrogens is 260 g/mol. The van der Waals surface area contributed by atoms with Gasteiger partial charge in [0.05, 0.1) is 18.3 Å². The third-order valence-electron chi connectivity index (χ3n) is 2.88. The van der Waals surface area contributed by atoms with Crippen molar-refractivity contribution >= 4 is 22.4 Å². The maximum absolute atomic E-state index is 13.0. The lowest BCUT2D eigenvalue weighted by Gasteiger charge is -2.08. The molecule has 1 aromatic heterocycles. The molecule has 1 aromatic rings. The summed E-state index contributed by atoms with van der Waals surface area (Å²) in [7, 11) is 0. The van der Waals surface area contributed by atoms with Crippen LogP contribution in [0, 0.1) is 6.92 Å². The zero-order valence-corrected chi connectivity index (χ0v) is 11.0. The Kier molecular flexibility index (Phi) is 3.63. The van der Waals surface area contributed by atoms with E-state index >= 15 is 0 Å². The highest BCUT2D eigenvalue weighted by atomic mass is 32.1. The normalized spacial score (nSPS) is 22.1. The van der Waals surface area contributed by atoms with Crippen LogP contribution in [0.2, 0.25) is 0 Å². The Balaban J connectivity index is 1.99. The van der Waals surface area contributed by atoms with Crippen LogP contribution in [0.5, 0.6) is 0 Å². The van der Waals surface area contributed by atoms with Crippen LogP contribution in [0.4, 0.5) is 13.9 Å². The quantitative estimate of drug-likeness (QED) is 0.886. The number of nitrogens with one attached hydrogen (secondary N) is 2. The lowest BCUT2D eigenvalue weighted by molar-refractivity contribution is -0.118. The largest absolute Gasteiger partial charge is 0.301 e. The number of aryl methyl sites for hydroxylation is 2. The van der Waals surface area contributed by atoms with Gasteiger partial charge in [0.2, 0.25) is 5.91 Å². The summed E-state index contributed by atoms with van der Waals surface area (Å²) in [6.45, 7) is 3.46. The molecule has 18 heavy (non-hydrogen) atoms. The van der Waals surface area contributed by atoms with Crippen LogP contribution in [-0.4, -0.2) is 29.4 Å². The Morgan fingerprint density at radius 1 is 1.67 bits per heavy atom. The maximum Gasteiger partial charge on any atom is 0.262 e. The van der Waals surface area contributed by atoms with Gasteiger partial charge in [0.15, 0.2) is 5.13 Å². The molecule has 0 bridgehead atoms. The first kappa shape index (κ1) is 13.4. The predicted octanol–water partition coefficient (Wildman–Crippen LogP) is 1.95. The summed E-state index contributed by atoms with van der Waals surface area (Å²) in [5, 5.41) is 5.59. The van der Waals surface area contributed by atoms with E-state index in [4.69, 9.17) is 0 Å². The second-order valence-corrected chi connectivity index (χ2v) is 5.56. The molecule has 0 aromatic carbocycles. The number of carbonyl (C=O) groups excluding carboxylic acids is 1. The van der Waals surface area contributed by atoms with Crippen LogP contribution in [0.25, 0.3) is 0 Å². The number of amides is 1. The zero-order chi connectivity index (χ0) is 13.3. The van der Waals surface area contributed by atoms with Crippen LogP contribution in [0.15, 0.2) is 0 Å². The van der Waals surface area contributed by atoms with Gasteiger partial charge in [-0.15, -0.1) is 11.3 Å². The number of carbonyl (C=O) groups is 1. The molecule has 7 heteroatoms. The minimum atomic E-state index is -2.80. The first-order valence-electron chi connectivity index (χ1n) is 5.79. The summed E-state index contributed by atoms with van der Waals surface area (Å²) in [4.78, 5) is 17.1. The van der Waals surface area contributed by atoms with Crippen molar-refractivity contribution in [1.29, 1.82) is 0 Å². The van der Waals surface area contributed by atoms with E-state index in [2.05, 4.69) is 15.6 Å². The summed E-state index contributed by atoms with van der Waals surface area (Å²) >= 11 is 1.37. The van der Waals surface area contributed by atoms with Gasteiger partial charge in [-0.1, -0.05) is 6.92 Å². The van der Waals surface area contributed by atoms with E-state index in [-0.39, 0.29) is 0 Å². The van der Waals surface area contributed by atoms with Crippen molar-refractivity contribution < 1.29 is 13.6 Å². The van der Waals surface area contributed by atoms with Crippen LogP contribution in [0.3, 0.4) is 0 Å². The summed E-state index contributed by atoms with van der Waals surface area (Å²) < 4.78 is 25.9. The smallest absolute Gasteiger partial charge is 0.262 e. The van der Waals surface area contributed by atoms with Gasteiger partial charge in [0.1, 0.15) is 0 Å². The van der Waals surface area contributed by atoms with Gasteiger partial charge in [-0.25, -0.2) is 13.8 Å². The van der Waals surface area contributed by atoms with E-state index < -0.39 is 30.8 Å². The lowest BCUT2D eigenvalue weighted by atomic mass is 10.2. The number of hydrogen-bond acceptors (Lipinski definition) is 4. The van der Waals surface area contributed by atoms with E-state index in [9.17, 15) is 13.6 Å². The second-order valence-electron chi connectivity index (χ2n) is 4.36. The fourth-order valence-corrected chi connectivity index (χ4v) is 2.81. The first-order valence-corrected chi connectivity index (χ1v) is 6.61. The maximum atomic E-state index is 13.0. The molecule has 1 saturated heterocycles. The molecule has 0 radical (unpaired) electrons.